The summed E-state index contributed by atoms with van der Waals surface area (Å²) in [5.74, 6) is 0.902. The van der Waals surface area contributed by atoms with Gasteiger partial charge in [0.25, 0.3) is 5.91 Å². The fraction of sp³-hybridized carbons (Fsp3) is 0.0435. The van der Waals surface area contributed by atoms with Crippen LogP contribution in [0.25, 0.3) is 22.3 Å². The van der Waals surface area contributed by atoms with Crippen LogP contribution in [-0.2, 0) is 0 Å². The maximum atomic E-state index is 12.5. The molecule has 5 nitrogen and oxygen atoms in total. The standard InChI is InChI=1S/C23H16BrNO4/c1-28-16-9-6-14(7-10-16)21-13-20(26)18-11-8-15(12-22(18)29-21)25-23(27)17-4-2-3-5-19(17)24/h2-13H,1H3,(H,25,27). The molecule has 0 aliphatic carbocycles. The summed E-state index contributed by atoms with van der Waals surface area (Å²) in [6, 6.07) is 20.8. The Morgan fingerprint density at radius 1 is 1.00 bits per heavy atom. The number of carbonyl (C=O) groups excluding carboxylic acids is 1. The largest absolute Gasteiger partial charge is 0.497 e. The number of methoxy groups -OCH3 is 1. The molecule has 29 heavy (non-hydrogen) atoms. The summed E-state index contributed by atoms with van der Waals surface area (Å²) in [4.78, 5) is 25.1. The van der Waals surface area contributed by atoms with Crippen molar-refractivity contribution in [1.82, 2.24) is 0 Å². The topological polar surface area (TPSA) is 68.5 Å². The molecule has 1 amide bonds. The van der Waals surface area contributed by atoms with Gasteiger partial charge in [0.1, 0.15) is 17.1 Å². The van der Waals surface area contributed by atoms with Crippen LogP contribution in [-0.4, -0.2) is 13.0 Å². The second kappa shape index (κ2) is 7.93. The summed E-state index contributed by atoms with van der Waals surface area (Å²) >= 11 is 3.38. The van der Waals surface area contributed by atoms with Crippen molar-refractivity contribution in [3.63, 3.8) is 0 Å². The van der Waals surface area contributed by atoms with Crippen molar-refractivity contribution in [2.75, 3.05) is 12.4 Å². The minimum absolute atomic E-state index is 0.152. The van der Waals surface area contributed by atoms with Crippen molar-refractivity contribution in [3.8, 4) is 17.1 Å². The van der Waals surface area contributed by atoms with Gasteiger partial charge in [-0.1, -0.05) is 12.1 Å². The van der Waals surface area contributed by atoms with Crippen LogP contribution in [0.2, 0.25) is 0 Å². The van der Waals surface area contributed by atoms with E-state index in [2.05, 4.69) is 21.2 Å². The van der Waals surface area contributed by atoms with Crippen LogP contribution in [0, 0.1) is 0 Å². The van der Waals surface area contributed by atoms with E-state index in [4.69, 9.17) is 9.15 Å². The SMILES string of the molecule is COc1ccc(-c2cc(=O)c3ccc(NC(=O)c4ccccc4Br)cc3o2)cc1. The molecule has 3 aromatic carbocycles. The van der Waals surface area contributed by atoms with Gasteiger partial charge in [-0.25, -0.2) is 0 Å². The van der Waals surface area contributed by atoms with Gasteiger partial charge in [-0.3, -0.25) is 9.59 Å². The number of benzene rings is 3. The van der Waals surface area contributed by atoms with Gasteiger partial charge < -0.3 is 14.5 Å². The first-order valence-corrected chi connectivity index (χ1v) is 9.62. The molecule has 6 heteroatoms. The highest BCUT2D eigenvalue weighted by Crippen LogP contribution is 2.26. The summed E-state index contributed by atoms with van der Waals surface area (Å²) in [6.45, 7) is 0. The molecule has 4 rings (SSSR count). The number of anilines is 1. The molecule has 0 aliphatic rings. The van der Waals surface area contributed by atoms with Gasteiger partial charge >= 0.3 is 0 Å². The Balaban J connectivity index is 1.70. The van der Waals surface area contributed by atoms with Crippen LogP contribution >= 0.6 is 15.9 Å². The zero-order valence-corrected chi connectivity index (χ0v) is 17.0. The molecule has 0 saturated heterocycles. The molecule has 0 aliphatic heterocycles. The van der Waals surface area contributed by atoms with Gasteiger partial charge in [-0.15, -0.1) is 0 Å². The Bertz CT molecular complexity index is 1260. The summed E-state index contributed by atoms with van der Waals surface area (Å²) in [5, 5.41) is 3.28. The Morgan fingerprint density at radius 2 is 1.76 bits per heavy atom. The molecule has 0 radical (unpaired) electrons. The number of fused-ring (bicyclic) bond motifs is 1. The van der Waals surface area contributed by atoms with Crippen LogP contribution in [0.4, 0.5) is 5.69 Å². The van der Waals surface area contributed by atoms with Gasteiger partial charge in [0.15, 0.2) is 5.43 Å². The second-order valence-corrected chi connectivity index (χ2v) is 7.20. The third kappa shape index (κ3) is 3.93. The quantitative estimate of drug-likeness (QED) is 0.447. The number of carbonyl (C=O) groups is 1. The predicted molar refractivity (Wildman–Crippen MR) is 117 cm³/mol. The average Bonchev–Trinajstić information content (AvgIpc) is 2.73. The van der Waals surface area contributed by atoms with Gasteiger partial charge in [0.2, 0.25) is 0 Å². The number of hydrogen-bond donors (Lipinski definition) is 1. The van der Waals surface area contributed by atoms with Crippen molar-refractivity contribution in [2.24, 2.45) is 0 Å². The number of ether oxygens (including phenoxy) is 1. The van der Waals surface area contributed by atoms with E-state index in [9.17, 15) is 9.59 Å². The lowest BCUT2D eigenvalue weighted by Gasteiger charge is -2.09. The van der Waals surface area contributed by atoms with E-state index in [1.54, 1.807) is 55.6 Å². The lowest BCUT2D eigenvalue weighted by Crippen LogP contribution is -2.12. The molecule has 0 bridgehead atoms. The number of rotatable bonds is 4. The van der Waals surface area contributed by atoms with E-state index in [-0.39, 0.29) is 11.3 Å². The van der Waals surface area contributed by atoms with Crippen LogP contribution in [0.15, 0.2) is 86.5 Å². The smallest absolute Gasteiger partial charge is 0.256 e. The van der Waals surface area contributed by atoms with Gasteiger partial charge in [0, 0.05) is 27.9 Å². The third-order valence-corrected chi connectivity index (χ3v) is 5.17. The van der Waals surface area contributed by atoms with E-state index >= 15 is 0 Å². The van der Waals surface area contributed by atoms with Crippen molar-refractivity contribution in [2.45, 2.75) is 0 Å². The third-order valence-electron chi connectivity index (χ3n) is 4.48. The number of hydrogen-bond acceptors (Lipinski definition) is 4. The van der Waals surface area contributed by atoms with Crippen molar-refractivity contribution in [3.05, 3.63) is 93.1 Å². The Kier molecular flexibility index (Phi) is 5.18. The van der Waals surface area contributed by atoms with Gasteiger partial charge in [-0.05, 0) is 64.5 Å². The zero-order chi connectivity index (χ0) is 20.4. The molecule has 0 saturated carbocycles. The maximum Gasteiger partial charge on any atom is 0.256 e. The van der Waals surface area contributed by atoms with E-state index < -0.39 is 0 Å². The van der Waals surface area contributed by atoms with Gasteiger partial charge in [-0.2, -0.15) is 0 Å². The summed E-state index contributed by atoms with van der Waals surface area (Å²) in [6.07, 6.45) is 0. The summed E-state index contributed by atoms with van der Waals surface area (Å²) < 4.78 is 11.8. The molecular formula is C23H16BrNO4. The van der Waals surface area contributed by atoms with Crippen molar-refractivity contribution in [1.29, 1.82) is 0 Å². The minimum Gasteiger partial charge on any atom is -0.497 e. The number of halogens is 1. The molecule has 0 spiro atoms. The van der Waals surface area contributed by atoms with Crippen molar-refractivity contribution < 1.29 is 13.9 Å². The van der Waals surface area contributed by atoms with E-state index in [1.807, 2.05) is 18.2 Å². The number of nitrogens with one attached hydrogen (secondary N) is 1. The zero-order valence-electron chi connectivity index (χ0n) is 15.4. The maximum absolute atomic E-state index is 12.5. The van der Waals surface area contributed by atoms with E-state index in [0.29, 0.717) is 38.2 Å². The van der Waals surface area contributed by atoms with Crippen LogP contribution < -0.4 is 15.5 Å². The minimum atomic E-state index is -0.259. The number of amides is 1. The van der Waals surface area contributed by atoms with Crippen LogP contribution in [0.3, 0.4) is 0 Å². The molecule has 4 aromatic rings. The van der Waals surface area contributed by atoms with Crippen LogP contribution in [0.1, 0.15) is 10.4 Å². The Morgan fingerprint density at radius 3 is 2.48 bits per heavy atom. The summed E-state index contributed by atoms with van der Waals surface area (Å²) in [7, 11) is 1.59. The normalized spacial score (nSPS) is 10.7. The van der Waals surface area contributed by atoms with Crippen LogP contribution in [0.5, 0.6) is 5.75 Å². The molecule has 1 heterocycles. The lowest BCUT2D eigenvalue weighted by atomic mass is 10.1. The first kappa shape index (κ1) is 19.0. The molecule has 0 unspecified atom stereocenters. The fourth-order valence-electron chi connectivity index (χ4n) is 2.97. The second-order valence-electron chi connectivity index (χ2n) is 6.35. The highest BCUT2D eigenvalue weighted by Gasteiger charge is 2.12. The fourth-order valence-corrected chi connectivity index (χ4v) is 3.44. The van der Waals surface area contributed by atoms with E-state index in [1.165, 1.54) is 6.07 Å². The Hall–Kier alpha value is -3.38. The highest BCUT2D eigenvalue weighted by atomic mass is 79.9. The van der Waals surface area contributed by atoms with E-state index in [0.717, 1.165) is 5.56 Å². The average molecular weight is 450 g/mol. The molecule has 0 fully saturated rings. The Labute approximate surface area is 175 Å². The monoisotopic (exact) mass is 449 g/mol. The molecule has 144 valence electrons. The molecule has 1 aromatic heterocycles. The molecular weight excluding hydrogens is 434 g/mol. The molecule has 0 atom stereocenters. The molecule has 1 N–H and O–H groups in total. The summed E-state index contributed by atoms with van der Waals surface area (Å²) in [5.41, 5.74) is 2.05. The predicted octanol–water partition coefficient (Wildman–Crippen LogP) is 5.48. The first-order chi connectivity index (χ1) is 14.0. The van der Waals surface area contributed by atoms with Crippen molar-refractivity contribution >= 4 is 38.5 Å². The lowest BCUT2D eigenvalue weighted by molar-refractivity contribution is 0.102. The highest BCUT2D eigenvalue weighted by molar-refractivity contribution is 9.10. The van der Waals surface area contributed by atoms with Gasteiger partial charge in [0.05, 0.1) is 18.1 Å². The first-order valence-electron chi connectivity index (χ1n) is 8.83.